The van der Waals surface area contributed by atoms with Crippen molar-refractivity contribution in [1.29, 1.82) is 0 Å². The number of amides is 1. The van der Waals surface area contributed by atoms with E-state index in [1.54, 1.807) is 33.0 Å². The van der Waals surface area contributed by atoms with Gasteiger partial charge in [0.05, 0.1) is 6.61 Å². The Balaban J connectivity index is 2.45. The van der Waals surface area contributed by atoms with E-state index in [4.69, 9.17) is 4.74 Å². The molecule has 0 fully saturated rings. The van der Waals surface area contributed by atoms with Crippen LogP contribution in [0.2, 0.25) is 0 Å². The van der Waals surface area contributed by atoms with Crippen LogP contribution >= 0.6 is 0 Å². The zero-order chi connectivity index (χ0) is 17.0. The van der Waals surface area contributed by atoms with Gasteiger partial charge in [0.25, 0.3) is 5.91 Å². The van der Waals surface area contributed by atoms with E-state index < -0.39 is 0 Å². The van der Waals surface area contributed by atoms with Crippen LogP contribution in [-0.2, 0) is 11.3 Å². The van der Waals surface area contributed by atoms with E-state index in [0.29, 0.717) is 17.7 Å². The second kappa shape index (κ2) is 7.20. The topological polar surface area (TPSA) is 46.6 Å². The molecule has 0 spiro atoms. The summed E-state index contributed by atoms with van der Waals surface area (Å²) in [4.78, 5) is 25.0. The van der Waals surface area contributed by atoms with Gasteiger partial charge in [-0.15, -0.1) is 0 Å². The quantitative estimate of drug-likeness (QED) is 0.795. The van der Waals surface area contributed by atoms with Gasteiger partial charge in [0, 0.05) is 32.3 Å². The second-order valence-corrected chi connectivity index (χ2v) is 5.64. The Hall–Kier alpha value is -2.46. The molecule has 0 unspecified atom stereocenters. The number of ketones is 1. The predicted molar refractivity (Wildman–Crippen MR) is 90.6 cm³/mol. The minimum Gasteiger partial charge on any atom is -0.380 e. The van der Waals surface area contributed by atoms with E-state index in [2.05, 4.69) is 0 Å². The highest BCUT2D eigenvalue weighted by atomic mass is 16.5. The number of carbonyl (C=O) groups is 2. The largest absolute Gasteiger partial charge is 0.380 e. The van der Waals surface area contributed by atoms with E-state index in [9.17, 15) is 9.59 Å². The monoisotopic (exact) mass is 311 g/mol. The molecule has 0 aromatic heterocycles. The number of carbonyl (C=O) groups excluding carboxylic acids is 2. The van der Waals surface area contributed by atoms with Crippen LogP contribution in [0, 0.1) is 0 Å². The summed E-state index contributed by atoms with van der Waals surface area (Å²) in [6, 6.07) is 13.1. The average Bonchev–Trinajstić information content (AvgIpc) is 2.54. The van der Waals surface area contributed by atoms with Crippen molar-refractivity contribution in [3.05, 3.63) is 59.2 Å². The van der Waals surface area contributed by atoms with Crippen LogP contribution in [0.5, 0.6) is 0 Å². The van der Waals surface area contributed by atoms with Gasteiger partial charge in [0.2, 0.25) is 0 Å². The summed E-state index contributed by atoms with van der Waals surface area (Å²) in [5.74, 6) is 0.00132. The Morgan fingerprint density at radius 2 is 1.61 bits per heavy atom. The van der Waals surface area contributed by atoms with Crippen molar-refractivity contribution in [2.75, 3.05) is 21.2 Å². The standard InChI is InChI=1S/C19H21NO3/c1-13(21)14-5-7-15(8-6-14)18-10-9-16(19(22)20(2)3)11-17(18)12-23-4/h5-11H,12H2,1-4H3. The Morgan fingerprint density at radius 1 is 1.00 bits per heavy atom. The fraction of sp³-hybridized carbons (Fsp3) is 0.263. The third-order valence-electron chi connectivity index (χ3n) is 3.66. The molecule has 0 aliphatic heterocycles. The first-order valence-electron chi connectivity index (χ1n) is 7.39. The van der Waals surface area contributed by atoms with Crippen molar-refractivity contribution < 1.29 is 14.3 Å². The maximum absolute atomic E-state index is 12.1. The molecule has 0 saturated heterocycles. The summed E-state index contributed by atoms with van der Waals surface area (Å²) < 4.78 is 5.27. The van der Waals surface area contributed by atoms with Crippen LogP contribution in [0.25, 0.3) is 11.1 Å². The van der Waals surface area contributed by atoms with Crippen molar-refractivity contribution in [3.63, 3.8) is 0 Å². The van der Waals surface area contributed by atoms with Crippen molar-refractivity contribution in [1.82, 2.24) is 4.90 Å². The fourth-order valence-electron chi connectivity index (χ4n) is 2.43. The van der Waals surface area contributed by atoms with Gasteiger partial charge in [-0.05, 0) is 35.7 Å². The third kappa shape index (κ3) is 3.85. The van der Waals surface area contributed by atoms with Crippen LogP contribution in [0.4, 0.5) is 0 Å². The van der Waals surface area contributed by atoms with Crippen LogP contribution < -0.4 is 0 Å². The Labute approximate surface area is 136 Å². The number of benzene rings is 2. The summed E-state index contributed by atoms with van der Waals surface area (Å²) >= 11 is 0. The molecule has 0 aliphatic carbocycles. The lowest BCUT2D eigenvalue weighted by Gasteiger charge is -2.14. The molecule has 0 aliphatic rings. The number of methoxy groups -OCH3 is 1. The number of Topliss-reactive ketones (excluding diaryl/α,β-unsaturated/α-hetero) is 1. The maximum Gasteiger partial charge on any atom is 0.253 e. The predicted octanol–water partition coefficient (Wildman–Crippen LogP) is 3.40. The Kier molecular flexibility index (Phi) is 5.29. The minimum absolute atomic E-state index is 0.0409. The lowest BCUT2D eigenvalue weighted by Crippen LogP contribution is -2.21. The van der Waals surface area contributed by atoms with Crippen molar-refractivity contribution in [3.8, 4) is 11.1 Å². The zero-order valence-corrected chi connectivity index (χ0v) is 13.9. The summed E-state index contributed by atoms with van der Waals surface area (Å²) in [6.45, 7) is 1.96. The second-order valence-electron chi connectivity index (χ2n) is 5.64. The van der Waals surface area contributed by atoms with Crippen molar-refractivity contribution in [2.45, 2.75) is 13.5 Å². The number of rotatable bonds is 5. The van der Waals surface area contributed by atoms with Crippen molar-refractivity contribution in [2.24, 2.45) is 0 Å². The van der Waals surface area contributed by atoms with Crippen LogP contribution in [0.1, 0.15) is 33.2 Å². The molecule has 23 heavy (non-hydrogen) atoms. The van der Waals surface area contributed by atoms with Crippen molar-refractivity contribution >= 4 is 11.7 Å². The van der Waals surface area contributed by atoms with E-state index in [0.717, 1.165) is 16.7 Å². The average molecular weight is 311 g/mol. The number of nitrogens with zero attached hydrogens (tertiary/aromatic N) is 1. The van der Waals surface area contributed by atoms with Gasteiger partial charge >= 0.3 is 0 Å². The van der Waals surface area contributed by atoms with Crippen LogP contribution in [0.15, 0.2) is 42.5 Å². The van der Waals surface area contributed by atoms with Gasteiger partial charge in [-0.3, -0.25) is 9.59 Å². The first-order chi connectivity index (χ1) is 10.9. The molecule has 0 radical (unpaired) electrons. The molecular weight excluding hydrogens is 290 g/mol. The van der Waals surface area contributed by atoms with E-state index in [1.165, 1.54) is 0 Å². The molecule has 2 aromatic carbocycles. The molecule has 0 saturated carbocycles. The highest BCUT2D eigenvalue weighted by molar-refractivity contribution is 5.95. The van der Waals surface area contributed by atoms with Gasteiger partial charge in [-0.1, -0.05) is 30.3 Å². The van der Waals surface area contributed by atoms with Crippen LogP contribution in [0.3, 0.4) is 0 Å². The molecule has 4 heteroatoms. The molecule has 0 N–H and O–H groups in total. The third-order valence-corrected chi connectivity index (χ3v) is 3.66. The molecule has 4 nitrogen and oxygen atoms in total. The van der Waals surface area contributed by atoms with Gasteiger partial charge in [0.1, 0.15) is 0 Å². The molecule has 120 valence electrons. The lowest BCUT2D eigenvalue weighted by atomic mass is 9.96. The molecule has 2 aromatic rings. The highest BCUT2D eigenvalue weighted by Crippen LogP contribution is 2.26. The smallest absolute Gasteiger partial charge is 0.253 e. The normalized spacial score (nSPS) is 10.4. The Morgan fingerprint density at radius 3 is 2.13 bits per heavy atom. The molecule has 0 bridgehead atoms. The summed E-state index contributed by atoms with van der Waals surface area (Å²) in [6.07, 6.45) is 0. The maximum atomic E-state index is 12.1. The fourth-order valence-corrected chi connectivity index (χ4v) is 2.43. The molecule has 0 heterocycles. The molecule has 0 atom stereocenters. The highest BCUT2D eigenvalue weighted by Gasteiger charge is 2.12. The molecule has 1 amide bonds. The summed E-state index contributed by atoms with van der Waals surface area (Å²) in [5.41, 5.74) is 4.24. The number of hydrogen-bond donors (Lipinski definition) is 0. The zero-order valence-electron chi connectivity index (χ0n) is 13.9. The lowest BCUT2D eigenvalue weighted by molar-refractivity contribution is 0.0827. The first-order valence-corrected chi connectivity index (χ1v) is 7.39. The summed E-state index contributed by atoms with van der Waals surface area (Å²) in [5, 5.41) is 0. The van der Waals surface area contributed by atoms with Gasteiger partial charge in [0.15, 0.2) is 5.78 Å². The molecule has 2 rings (SSSR count). The van der Waals surface area contributed by atoms with Crippen LogP contribution in [-0.4, -0.2) is 37.8 Å². The number of ether oxygens (including phenoxy) is 1. The molecular formula is C19H21NO3. The van der Waals surface area contributed by atoms with Gasteiger partial charge in [-0.2, -0.15) is 0 Å². The van der Waals surface area contributed by atoms with Gasteiger partial charge < -0.3 is 9.64 Å². The minimum atomic E-state index is -0.0409. The van der Waals surface area contributed by atoms with Gasteiger partial charge in [-0.25, -0.2) is 0 Å². The van der Waals surface area contributed by atoms with E-state index >= 15 is 0 Å². The van der Waals surface area contributed by atoms with E-state index in [-0.39, 0.29) is 11.7 Å². The first kappa shape index (κ1) is 16.9. The number of hydrogen-bond acceptors (Lipinski definition) is 3. The Bertz CT molecular complexity index is 718. The SMILES string of the molecule is COCc1cc(C(=O)N(C)C)ccc1-c1ccc(C(C)=O)cc1. The van der Waals surface area contributed by atoms with E-state index in [1.807, 2.05) is 42.5 Å². The summed E-state index contributed by atoms with van der Waals surface area (Å²) in [7, 11) is 5.09.